The van der Waals surface area contributed by atoms with Crippen LogP contribution in [0, 0.1) is 0 Å². The second-order valence-corrected chi connectivity index (χ2v) is 9.52. The maximum atomic E-state index is 14.1. The van der Waals surface area contributed by atoms with Gasteiger partial charge in [-0.15, -0.1) is 0 Å². The summed E-state index contributed by atoms with van der Waals surface area (Å²) in [4.78, 5) is 26.8. The molecule has 11 nitrogen and oxygen atoms in total. The van der Waals surface area contributed by atoms with Crippen LogP contribution in [-0.2, 0) is 16.5 Å². The monoisotopic (exact) mass is 557 g/mol. The summed E-state index contributed by atoms with van der Waals surface area (Å²) in [5.74, 6) is 0.388. The van der Waals surface area contributed by atoms with Crippen LogP contribution in [0.3, 0.4) is 0 Å². The third-order valence-electron chi connectivity index (χ3n) is 6.51. The van der Waals surface area contributed by atoms with Gasteiger partial charge in [-0.3, -0.25) is 4.79 Å². The molecule has 4 rings (SSSR count). The van der Waals surface area contributed by atoms with Crippen molar-refractivity contribution in [3.8, 4) is 11.6 Å². The molecule has 0 spiro atoms. The van der Waals surface area contributed by atoms with Crippen LogP contribution >= 0.6 is 0 Å². The van der Waals surface area contributed by atoms with Crippen LogP contribution in [0.25, 0.3) is 5.82 Å². The Morgan fingerprint density at radius 3 is 2.60 bits per heavy atom. The van der Waals surface area contributed by atoms with Crippen molar-refractivity contribution in [2.75, 3.05) is 44.9 Å². The zero-order valence-electron chi connectivity index (χ0n) is 22.5. The van der Waals surface area contributed by atoms with Gasteiger partial charge in [-0.2, -0.15) is 27.9 Å². The first kappa shape index (κ1) is 28.5. The number of likely N-dealkylation sites (N-methyl/N-ethyl adjacent to an activating group) is 1. The Balaban J connectivity index is 1.87. The number of rotatable bonds is 10. The third-order valence-corrected chi connectivity index (χ3v) is 6.51. The number of ether oxygens (including phenoxy) is 1. The zero-order valence-corrected chi connectivity index (χ0v) is 22.5. The molecule has 4 N–H and O–H groups in total. The van der Waals surface area contributed by atoms with Gasteiger partial charge >= 0.3 is 6.18 Å². The number of halogens is 3. The Bertz CT molecular complexity index is 1450. The predicted octanol–water partition coefficient (Wildman–Crippen LogP) is 3.13. The first-order valence-corrected chi connectivity index (χ1v) is 12.3. The summed E-state index contributed by atoms with van der Waals surface area (Å²) < 4.78 is 49.4. The predicted molar refractivity (Wildman–Crippen MR) is 143 cm³/mol. The molecule has 0 saturated carbocycles. The standard InChI is InChI=1S/C26H30F3N9O2/c1-16-5-6-17(23(30)39)13-25(16,36-24-34-15-35-38(24)22-12-21(31-2)32-14-33-22)18-9-19(26(27,28)29)11-20(10-18)40-8-7-37(3)4/h5-6,9-12,14-15H,7-8,13H2,1-4H3,(H2,30,39)(H,31,32,33)(H,34,35,36). The molecule has 0 fully saturated rings. The van der Waals surface area contributed by atoms with Crippen LogP contribution in [0.5, 0.6) is 5.75 Å². The molecule has 3 aromatic rings. The highest BCUT2D eigenvalue weighted by Gasteiger charge is 2.42. The van der Waals surface area contributed by atoms with Gasteiger partial charge < -0.3 is 26.0 Å². The number of nitrogens with one attached hydrogen (secondary N) is 2. The van der Waals surface area contributed by atoms with Crippen LogP contribution in [0.4, 0.5) is 24.9 Å². The van der Waals surface area contributed by atoms with Gasteiger partial charge in [0.25, 0.3) is 0 Å². The number of carbonyl (C=O) groups excluding carboxylic acids is 1. The fourth-order valence-corrected chi connectivity index (χ4v) is 4.29. The average Bonchev–Trinajstić information content (AvgIpc) is 3.37. The van der Waals surface area contributed by atoms with E-state index in [0.29, 0.717) is 23.8 Å². The normalized spacial score (nSPS) is 17.3. The van der Waals surface area contributed by atoms with Gasteiger partial charge in [0.15, 0.2) is 5.82 Å². The Hall–Kier alpha value is -4.46. The number of anilines is 2. The molecule has 1 atom stereocenters. The zero-order chi connectivity index (χ0) is 29.1. The van der Waals surface area contributed by atoms with Crippen LogP contribution < -0.4 is 21.1 Å². The summed E-state index contributed by atoms with van der Waals surface area (Å²) >= 11 is 0. The number of allylic oxidation sites excluding steroid dienone is 2. The molecule has 40 heavy (non-hydrogen) atoms. The summed E-state index contributed by atoms with van der Waals surface area (Å²) in [6.45, 7) is 2.42. The van der Waals surface area contributed by atoms with E-state index in [2.05, 4.69) is 30.7 Å². The Labute approximate surface area is 229 Å². The van der Waals surface area contributed by atoms with E-state index in [0.717, 1.165) is 12.1 Å². The van der Waals surface area contributed by atoms with Crippen molar-refractivity contribution in [3.63, 3.8) is 0 Å². The minimum atomic E-state index is -4.66. The van der Waals surface area contributed by atoms with E-state index < -0.39 is 23.2 Å². The Morgan fingerprint density at radius 2 is 1.93 bits per heavy atom. The van der Waals surface area contributed by atoms with Crippen molar-refractivity contribution in [1.82, 2.24) is 29.6 Å². The Morgan fingerprint density at radius 1 is 1.15 bits per heavy atom. The maximum absolute atomic E-state index is 14.1. The lowest BCUT2D eigenvalue weighted by Gasteiger charge is -2.39. The number of primary amides is 1. The van der Waals surface area contributed by atoms with Crippen molar-refractivity contribution in [2.45, 2.75) is 25.1 Å². The van der Waals surface area contributed by atoms with E-state index in [9.17, 15) is 18.0 Å². The highest BCUT2D eigenvalue weighted by molar-refractivity contribution is 5.93. The quantitative estimate of drug-likeness (QED) is 0.343. The lowest BCUT2D eigenvalue weighted by atomic mass is 9.74. The van der Waals surface area contributed by atoms with Crippen LogP contribution in [0.2, 0.25) is 0 Å². The smallest absolute Gasteiger partial charge is 0.416 e. The molecular weight excluding hydrogens is 527 g/mol. The second-order valence-electron chi connectivity index (χ2n) is 9.52. The van der Waals surface area contributed by atoms with Crippen molar-refractivity contribution in [1.29, 1.82) is 0 Å². The summed E-state index contributed by atoms with van der Waals surface area (Å²) in [5, 5.41) is 10.4. The molecule has 0 radical (unpaired) electrons. The number of amides is 1. The third kappa shape index (κ3) is 6.06. The molecule has 0 bridgehead atoms. The van der Waals surface area contributed by atoms with Gasteiger partial charge in [0, 0.05) is 31.7 Å². The van der Waals surface area contributed by atoms with E-state index in [1.54, 1.807) is 32.2 Å². The number of hydrogen-bond acceptors (Lipinski definition) is 9. The first-order chi connectivity index (χ1) is 18.9. The number of benzene rings is 1. The molecule has 2 aromatic heterocycles. The largest absolute Gasteiger partial charge is 0.492 e. The molecule has 1 aromatic carbocycles. The number of nitrogens with two attached hydrogens (primary N) is 1. The SMILES string of the molecule is CNc1cc(-n2ncnc2NC2(c3cc(OCCN(C)C)cc(C(F)(F)F)c3)CC(C(N)=O)=CC=C2C)ncn1. The summed E-state index contributed by atoms with van der Waals surface area (Å²) in [6.07, 6.45) is 1.12. The lowest BCUT2D eigenvalue weighted by molar-refractivity contribution is -0.137. The summed E-state index contributed by atoms with van der Waals surface area (Å²) in [6, 6.07) is 5.16. The number of nitrogens with zero attached hydrogens (tertiary/aromatic N) is 6. The van der Waals surface area contributed by atoms with Gasteiger partial charge in [0.2, 0.25) is 11.9 Å². The molecule has 1 aliphatic carbocycles. The van der Waals surface area contributed by atoms with Gasteiger partial charge in [0.05, 0.1) is 11.1 Å². The number of alkyl halides is 3. The minimum absolute atomic E-state index is 0.0340. The second kappa shape index (κ2) is 11.3. The molecule has 1 unspecified atom stereocenters. The van der Waals surface area contributed by atoms with Crippen molar-refractivity contribution >= 4 is 17.7 Å². The number of carbonyl (C=O) groups is 1. The van der Waals surface area contributed by atoms with Crippen LogP contribution in [0.15, 0.2) is 60.2 Å². The molecule has 1 amide bonds. The fourth-order valence-electron chi connectivity index (χ4n) is 4.29. The highest BCUT2D eigenvalue weighted by Crippen LogP contribution is 2.44. The summed E-state index contributed by atoms with van der Waals surface area (Å²) in [5.41, 5.74) is 4.40. The van der Waals surface area contributed by atoms with Crippen molar-refractivity contribution < 1.29 is 22.7 Å². The fraction of sp³-hybridized carbons (Fsp3) is 0.346. The van der Waals surface area contributed by atoms with Gasteiger partial charge in [-0.05, 0) is 50.4 Å². The molecule has 212 valence electrons. The number of hydrogen-bond donors (Lipinski definition) is 3. The van der Waals surface area contributed by atoms with Crippen molar-refractivity contribution in [2.24, 2.45) is 5.73 Å². The maximum Gasteiger partial charge on any atom is 0.416 e. The minimum Gasteiger partial charge on any atom is -0.492 e. The molecule has 0 aliphatic heterocycles. The van der Waals surface area contributed by atoms with Gasteiger partial charge in [-0.1, -0.05) is 12.2 Å². The van der Waals surface area contributed by atoms with E-state index in [1.807, 2.05) is 19.0 Å². The molecule has 14 heteroatoms. The van der Waals surface area contributed by atoms with E-state index >= 15 is 0 Å². The average molecular weight is 558 g/mol. The summed E-state index contributed by atoms with van der Waals surface area (Å²) in [7, 11) is 5.36. The van der Waals surface area contributed by atoms with Crippen LogP contribution in [0.1, 0.15) is 24.5 Å². The van der Waals surface area contributed by atoms with Crippen LogP contribution in [-0.4, -0.2) is 69.8 Å². The van der Waals surface area contributed by atoms with E-state index in [-0.39, 0.29) is 35.9 Å². The van der Waals surface area contributed by atoms with Crippen molar-refractivity contribution in [3.05, 3.63) is 71.3 Å². The van der Waals surface area contributed by atoms with Gasteiger partial charge in [0.1, 0.15) is 30.8 Å². The molecule has 1 aliphatic rings. The molecule has 0 saturated heterocycles. The van der Waals surface area contributed by atoms with E-state index in [1.165, 1.54) is 23.4 Å². The van der Waals surface area contributed by atoms with E-state index in [4.69, 9.17) is 10.5 Å². The molecule has 2 heterocycles. The number of aromatic nitrogens is 5. The lowest BCUT2D eigenvalue weighted by Crippen LogP contribution is -2.41. The first-order valence-electron chi connectivity index (χ1n) is 12.3. The topological polar surface area (TPSA) is 136 Å². The van der Waals surface area contributed by atoms with Gasteiger partial charge in [-0.25, -0.2) is 9.97 Å². The highest BCUT2D eigenvalue weighted by atomic mass is 19.4. The molecular formula is C26H30F3N9O2. The Kier molecular flexibility index (Phi) is 8.09.